The van der Waals surface area contributed by atoms with Gasteiger partial charge in [0, 0.05) is 19.6 Å². The summed E-state index contributed by atoms with van der Waals surface area (Å²) >= 11 is 0. The number of nitrogens with zero attached hydrogens (tertiary/aromatic N) is 1. The van der Waals surface area contributed by atoms with Crippen LogP contribution in [0.5, 0.6) is 0 Å². The molecule has 1 fully saturated rings. The first-order chi connectivity index (χ1) is 8.81. The third kappa shape index (κ3) is 3.80. The van der Waals surface area contributed by atoms with E-state index in [0.717, 1.165) is 26.2 Å². The molecule has 1 aromatic carbocycles. The average Bonchev–Trinajstić information content (AvgIpc) is 2.85. The summed E-state index contributed by atoms with van der Waals surface area (Å²) in [5, 5.41) is 3.17. The molecule has 1 N–H and O–H groups in total. The lowest BCUT2D eigenvalue weighted by molar-refractivity contribution is 0.0470. The molecule has 1 aliphatic rings. The van der Waals surface area contributed by atoms with Gasteiger partial charge in [-0.1, -0.05) is 31.2 Å². The third-order valence-corrected chi connectivity index (χ3v) is 3.53. The molecule has 1 atom stereocenters. The van der Waals surface area contributed by atoms with Crippen LogP contribution < -0.4 is 5.32 Å². The van der Waals surface area contributed by atoms with E-state index in [0.29, 0.717) is 6.10 Å². The van der Waals surface area contributed by atoms with Crippen LogP contribution in [0.15, 0.2) is 24.3 Å². The first-order valence-electron chi connectivity index (χ1n) is 6.88. The van der Waals surface area contributed by atoms with Gasteiger partial charge in [0.05, 0.1) is 12.7 Å². The van der Waals surface area contributed by atoms with Crippen LogP contribution in [0.4, 0.5) is 0 Å². The Morgan fingerprint density at radius 1 is 1.39 bits per heavy atom. The number of hydrogen-bond acceptors (Lipinski definition) is 3. The second kappa shape index (κ2) is 6.88. The second-order valence-corrected chi connectivity index (χ2v) is 4.97. The molecule has 0 bridgehead atoms. The van der Waals surface area contributed by atoms with Gasteiger partial charge in [0.1, 0.15) is 0 Å². The first-order valence-corrected chi connectivity index (χ1v) is 6.88. The summed E-state index contributed by atoms with van der Waals surface area (Å²) in [6.45, 7) is 7.27. The normalized spacial score (nSPS) is 20.4. The summed E-state index contributed by atoms with van der Waals surface area (Å²) in [4.78, 5) is 2.45. The molecule has 0 saturated carbocycles. The molecule has 0 spiro atoms. The zero-order chi connectivity index (χ0) is 12.8. The molecule has 0 radical (unpaired) electrons. The maximum atomic E-state index is 5.99. The van der Waals surface area contributed by atoms with Gasteiger partial charge in [-0.25, -0.2) is 0 Å². The van der Waals surface area contributed by atoms with Crippen molar-refractivity contribution in [3.05, 3.63) is 35.4 Å². The van der Waals surface area contributed by atoms with E-state index >= 15 is 0 Å². The minimum atomic E-state index is 0.415. The molecular formula is C15H24N2O. The summed E-state index contributed by atoms with van der Waals surface area (Å²) in [5.74, 6) is 0. The minimum Gasteiger partial charge on any atom is -0.372 e. The number of likely N-dealkylation sites (tertiary alicyclic amines) is 1. The monoisotopic (exact) mass is 248 g/mol. The largest absolute Gasteiger partial charge is 0.372 e. The molecule has 0 aliphatic carbocycles. The molecule has 1 saturated heterocycles. The molecule has 3 heteroatoms. The Kier molecular flexibility index (Phi) is 5.17. The Morgan fingerprint density at radius 3 is 2.94 bits per heavy atom. The van der Waals surface area contributed by atoms with Gasteiger partial charge >= 0.3 is 0 Å². The van der Waals surface area contributed by atoms with Crippen molar-refractivity contribution in [2.45, 2.75) is 32.6 Å². The van der Waals surface area contributed by atoms with Crippen molar-refractivity contribution >= 4 is 0 Å². The number of hydrogen-bond donors (Lipinski definition) is 1. The summed E-state index contributed by atoms with van der Waals surface area (Å²) in [6.07, 6.45) is 1.59. The Morgan fingerprint density at radius 2 is 2.22 bits per heavy atom. The summed E-state index contributed by atoms with van der Waals surface area (Å²) in [5.41, 5.74) is 2.60. The van der Waals surface area contributed by atoms with Crippen molar-refractivity contribution in [2.24, 2.45) is 0 Å². The van der Waals surface area contributed by atoms with E-state index in [2.05, 4.69) is 41.4 Å². The predicted molar refractivity (Wildman–Crippen MR) is 74.5 cm³/mol. The molecule has 3 nitrogen and oxygen atoms in total. The Labute approximate surface area is 110 Å². The van der Waals surface area contributed by atoms with Gasteiger partial charge in [0.25, 0.3) is 0 Å². The lowest BCUT2D eigenvalue weighted by Gasteiger charge is -2.14. The van der Waals surface area contributed by atoms with E-state index in [1.54, 1.807) is 0 Å². The van der Waals surface area contributed by atoms with Crippen LogP contribution in [0.1, 0.15) is 24.5 Å². The zero-order valence-electron chi connectivity index (χ0n) is 11.5. The van der Waals surface area contributed by atoms with Crippen LogP contribution in [0.25, 0.3) is 0 Å². The van der Waals surface area contributed by atoms with Gasteiger partial charge in [-0.15, -0.1) is 0 Å². The number of benzene rings is 1. The number of nitrogens with one attached hydrogen (secondary N) is 1. The highest BCUT2D eigenvalue weighted by molar-refractivity contribution is 5.22. The lowest BCUT2D eigenvalue weighted by Crippen LogP contribution is -2.22. The highest BCUT2D eigenvalue weighted by atomic mass is 16.5. The van der Waals surface area contributed by atoms with Crippen molar-refractivity contribution in [2.75, 3.05) is 26.7 Å². The lowest BCUT2D eigenvalue weighted by atomic mass is 10.1. The minimum absolute atomic E-state index is 0.415. The Hall–Kier alpha value is -0.900. The maximum Gasteiger partial charge on any atom is 0.0721 e. The van der Waals surface area contributed by atoms with Gasteiger partial charge in [0.2, 0.25) is 0 Å². The Bertz CT molecular complexity index is 367. The predicted octanol–water partition coefficient (Wildman–Crippen LogP) is 2.02. The van der Waals surface area contributed by atoms with Crippen molar-refractivity contribution in [3.63, 3.8) is 0 Å². The Balaban J connectivity index is 1.81. The number of rotatable bonds is 6. The summed E-state index contributed by atoms with van der Waals surface area (Å²) in [6, 6.07) is 8.63. The summed E-state index contributed by atoms with van der Waals surface area (Å²) in [7, 11) is 1.97. The molecule has 2 rings (SSSR count). The van der Waals surface area contributed by atoms with Crippen LogP contribution in [0.2, 0.25) is 0 Å². The maximum absolute atomic E-state index is 5.99. The van der Waals surface area contributed by atoms with Crippen LogP contribution in [0.3, 0.4) is 0 Å². The van der Waals surface area contributed by atoms with Gasteiger partial charge in [0.15, 0.2) is 0 Å². The molecule has 0 amide bonds. The van der Waals surface area contributed by atoms with Gasteiger partial charge in [-0.2, -0.15) is 0 Å². The topological polar surface area (TPSA) is 24.5 Å². The molecule has 1 aromatic rings. The first kappa shape index (κ1) is 13.5. The summed E-state index contributed by atoms with van der Waals surface area (Å²) < 4.78 is 5.99. The van der Waals surface area contributed by atoms with E-state index < -0.39 is 0 Å². The van der Waals surface area contributed by atoms with Gasteiger partial charge in [-0.3, -0.25) is 0 Å². The van der Waals surface area contributed by atoms with Crippen LogP contribution in [-0.4, -0.2) is 37.7 Å². The number of ether oxygens (including phenoxy) is 1. The highest BCUT2D eigenvalue weighted by Gasteiger charge is 2.21. The second-order valence-electron chi connectivity index (χ2n) is 4.97. The van der Waals surface area contributed by atoms with E-state index in [-0.39, 0.29) is 0 Å². The van der Waals surface area contributed by atoms with Crippen molar-refractivity contribution in [1.29, 1.82) is 0 Å². The molecule has 1 aliphatic heterocycles. The average molecular weight is 248 g/mol. The fourth-order valence-electron chi connectivity index (χ4n) is 2.47. The van der Waals surface area contributed by atoms with E-state index in [1.165, 1.54) is 24.1 Å². The van der Waals surface area contributed by atoms with Gasteiger partial charge in [-0.05, 0) is 31.1 Å². The van der Waals surface area contributed by atoms with E-state index in [4.69, 9.17) is 4.74 Å². The van der Waals surface area contributed by atoms with Crippen LogP contribution in [-0.2, 0) is 17.9 Å². The SMILES string of the molecule is CCN1CCC(OCc2cccc(CNC)c2)C1. The van der Waals surface area contributed by atoms with Crippen molar-refractivity contribution in [3.8, 4) is 0 Å². The highest BCUT2D eigenvalue weighted by Crippen LogP contribution is 2.15. The van der Waals surface area contributed by atoms with Crippen LogP contribution in [0, 0.1) is 0 Å². The fraction of sp³-hybridized carbons (Fsp3) is 0.600. The smallest absolute Gasteiger partial charge is 0.0721 e. The van der Waals surface area contributed by atoms with E-state index in [9.17, 15) is 0 Å². The van der Waals surface area contributed by atoms with Crippen molar-refractivity contribution < 1.29 is 4.74 Å². The zero-order valence-corrected chi connectivity index (χ0v) is 11.5. The molecule has 1 unspecified atom stereocenters. The molecule has 0 aromatic heterocycles. The van der Waals surface area contributed by atoms with Crippen LogP contribution >= 0.6 is 0 Å². The standard InChI is InChI=1S/C15H24N2O/c1-3-17-8-7-15(11-17)18-12-14-6-4-5-13(9-14)10-16-2/h4-6,9,15-16H,3,7-8,10-12H2,1-2H3. The fourth-order valence-corrected chi connectivity index (χ4v) is 2.47. The third-order valence-electron chi connectivity index (χ3n) is 3.53. The molecule has 18 heavy (non-hydrogen) atoms. The molecule has 1 heterocycles. The molecule has 100 valence electrons. The van der Waals surface area contributed by atoms with Gasteiger partial charge < -0.3 is 15.0 Å². The quantitative estimate of drug-likeness (QED) is 0.833. The van der Waals surface area contributed by atoms with Crippen molar-refractivity contribution in [1.82, 2.24) is 10.2 Å². The van der Waals surface area contributed by atoms with E-state index in [1.807, 2.05) is 7.05 Å². The number of likely N-dealkylation sites (N-methyl/N-ethyl adjacent to an activating group) is 1. The molecular weight excluding hydrogens is 224 g/mol.